The first-order valence-corrected chi connectivity index (χ1v) is 15.6. The number of nitrogens with zero attached hydrogens (tertiary/aromatic N) is 4. The van der Waals surface area contributed by atoms with E-state index in [1.54, 1.807) is 41.0 Å². The minimum absolute atomic E-state index is 0.203. The van der Waals surface area contributed by atoms with Crippen LogP contribution in [-0.2, 0) is 10.0 Å². The van der Waals surface area contributed by atoms with E-state index in [1.807, 2.05) is 12.1 Å². The van der Waals surface area contributed by atoms with Crippen molar-refractivity contribution < 1.29 is 13.2 Å². The third-order valence-corrected chi connectivity index (χ3v) is 9.93. The molecule has 0 aliphatic carbocycles. The molecule has 4 heterocycles. The largest absolute Gasteiger partial charge is 0.352 e. The molecule has 1 atom stereocenters. The van der Waals surface area contributed by atoms with Gasteiger partial charge in [0.2, 0.25) is 10.0 Å². The molecule has 2 aromatic heterocycles. The average molecular weight is 550 g/mol. The summed E-state index contributed by atoms with van der Waals surface area (Å²) in [5.74, 6) is 1.03. The number of amides is 1. The highest BCUT2D eigenvalue weighted by Gasteiger charge is 2.29. The number of benzene rings is 1. The summed E-state index contributed by atoms with van der Waals surface area (Å²) in [7, 11) is -3.66. The molecular formula is C30H39N5O3S. The molecule has 2 aliphatic heterocycles. The molecule has 3 aromatic rings. The van der Waals surface area contributed by atoms with Gasteiger partial charge in [-0.25, -0.2) is 13.4 Å². The predicted octanol–water partition coefficient (Wildman–Crippen LogP) is 4.57. The summed E-state index contributed by atoms with van der Waals surface area (Å²) in [5.41, 5.74) is 2.43. The van der Waals surface area contributed by atoms with Crippen LogP contribution in [0.5, 0.6) is 0 Å². The van der Waals surface area contributed by atoms with E-state index in [1.165, 1.54) is 12.8 Å². The van der Waals surface area contributed by atoms with Gasteiger partial charge < -0.3 is 10.2 Å². The quantitative estimate of drug-likeness (QED) is 0.414. The number of hydrogen-bond acceptors (Lipinski definition) is 6. The summed E-state index contributed by atoms with van der Waals surface area (Å²) in [6.45, 7) is 9.23. The first-order valence-electron chi connectivity index (χ1n) is 14.2. The summed E-state index contributed by atoms with van der Waals surface area (Å²) < 4.78 is 28.5. The summed E-state index contributed by atoms with van der Waals surface area (Å²) in [5, 5.41) is 3.62. The lowest BCUT2D eigenvalue weighted by Crippen LogP contribution is -2.37. The zero-order valence-electron chi connectivity index (χ0n) is 23.0. The highest BCUT2D eigenvalue weighted by atomic mass is 32.2. The average Bonchev–Trinajstić information content (AvgIpc) is 2.95. The number of piperidine rings is 2. The number of pyridine rings is 2. The molecular weight excluding hydrogens is 510 g/mol. The van der Waals surface area contributed by atoms with Gasteiger partial charge in [0.1, 0.15) is 0 Å². The van der Waals surface area contributed by atoms with Crippen LogP contribution in [0.25, 0.3) is 22.2 Å². The number of carbonyl (C=O) groups excluding carboxylic acids is 1. The highest BCUT2D eigenvalue weighted by Crippen LogP contribution is 2.29. The maximum atomic E-state index is 13.5. The van der Waals surface area contributed by atoms with Crippen LogP contribution in [-0.4, -0.2) is 72.8 Å². The molecule has 0 bridgehead atoms. The topological polar surface area (TPSA) is 95.5 Å². The fraction of sp³-hybridized carbons (Fsp3) is 0.500. The molecule has 0 unspecified atom stereocenters. The maximum absolute atomic E-state index is 13.5. The number of sulfonamides is 1. The van der Waals surface area contributed by atoms with E-state index in [2.05, 4.69) is 29.0 Å². The summed E-state index contributed by atoms with van der Waals surface area (Å²) in [4.78, 5) is 25.2. The fourth-order valence-corrected chi connectivity index (χ4v) is 7.18. The van der Waals surface area contributed by atoms with Gasteiger partial charge in [-0.1, -0.05) is 13.8 Å². The summed E-state index contributed by atoms with van der Waals surface area (Å²) in [6.07, 6.45) is 8.50. The van der Waals surface area contributed by atoms with Crippen LogP contribution in [0.4, 0.5) is 0 Å². The fourth-order valence-electron chi connectivity index (χ4n) is 5.68. The molecule has 9 heteroatoms. The lowest BCUT2D eigenvalue weighted by Gasteiger charge is -2.30. The minimum Gasteiger partial charge on any atom is -0.352 e. The number of nitrogens with one attached hydrogen (secondary N) is 1. The second-order valence-electron chi connectivity index (χ2n) is 11.2. The highest BCUT2D eigenvalue weighted by molar-refractivity contribution is 7.89. The minimum atomic E-state index is -3.66. The number of aromatic nitrogens is 2. The molecule has 2 fully saturated rings. The Hall–Kier alpha value is -2.88. The van der Waals surface area contributed by atoms with Crippen LogP contribution in [0, 0.1) is 11.8 Å². The third kappa shape index (κ3) is 6.48. The van der Waals surface area contributed by atoms with Crippen molar-refractivity contribution in [3.05, 3.63) is 54.4 Å². The van der Waals surface area contributed by atoms with E-state index in [0.717, 1.165) is 50.4 Å². The molecule has 5 rings (SSSR count). The van der Waals surface area contributed by atoms with Gasteiger partial charge in [-0.2, -0.15) is 4.31 Å². The van der Waals surface area contributed by atoms with E-state index in [9.17, 15) is 13.2 Å². The van der Waals surface area contributed by atoms with E-state index in [-0.39, 0.29) is 10.8 Å². The molecule has 8 nitrogen and oxygen atoms in total. The zero-order chi connectivity index (χ0) is 27.4. The molecule has 0 radical (unpaired) electrons. The summed E-state index contributed by atoms with van der Waals surface area (Å²) >= 11 is 0. The van der Waals surface area contributed by atoms with Gasteiger partial charge in [0.15, 0.2) is 0 Å². The van der Waals surface area contributed by atoms with Crippen molar-refractivity contribution in [3.8, 4) is 11.3 Å². The van der Waals surface area contributed by atoms with Crippen LogP contribution in [0.2, 0.25) is 0 Å². The van der Waals surface area contributed by atoms with Gasteiger partial charge in [0.05, 0.1) is 21.7 Å². The number of hydrogen-bond donors (Lipinski definition) is 1. The van der Waals surface area contributed by atoms with Gasteiger partial charge in [-0.05, 0) is 93.4 Å². The zero-order valence-corrected chi connectivity index (χ0v) is 23.8. The number of likely N-dealkylation sites (tertiary alicyclic amines) is 1. The SMILES string of the molecule is CC1CCN(S(=O)(=O)c2ccc3nc(-c4cccnc4)cc(C(=O)NCCCN4CCC[C@@H](C)C4)c3c2)CC1. The molecule has 0 saturated carbocycles. The van der Waals surface area contributed by atoms with Crippen molar-refractivity contribution in [2.45, 2.75) is 50.8 Å². The number of carbonyl (C=O) groups is 1. The lowest BCUT2D eigenvalue weighted by molar-refractivity contribution is 0.0951. The Morgan fingerprint density at radius 3 is 2.62 bits per heavy atom. The van der Waals surface area contributed by atoms with E-state index in [4.69, 9.17) is 4.98 Å². The normalized spacial score (nSPS) is 19.8. The molecule has 2 aliphatic rings. The molecule has 0 spiro atoms. The van der Waals surface area contributed by atoms with Crippen LogP contribution in [0.1, 0.15) is 56.3 Å². The van der Waals surface area contributed by atoms with Gasteiger partial charge in [-0.15, -0.1) is 0 Å². The van der Waals surface area contributed by atoms with Crippen LogP contribution in [0.15, 0.2) is 53.7 Å². The first-order chi connectivity index (χ1) is 18.8. The lowest BCUT2D eigenvalue weighted by atomic mass is 10.0. The van der Waals surface area contributed by atoms with Crippen molar-refractivity contribution in [2.24, 2.45) is 11.8 Å². The molecule has 208 valence electrons. The first kappa shape index (κ1) is 27.7. The Bertz CT molecular complexity index is 1400. The van der Waals surface area contributed by atoms with Crippen molar-refractivity contribution >= 4 is 26.8 Å². The Kier molecular flexibility index (Phi) is 8.59. The smallest absolute Gasteiger partial charge is 0.252 e. The van der Waals surface area contributed by atoms with Crippen molar-refractivity contribution in [3.63, 3.8) is 0 Å². The second kappa shape index (κ2) is 12.1. The van der Waals surface area contributed by atoms with E-state index >= 15 is 0 Å². The van der Waals surface area contributed by atoms with Crippen molar-refractivity contribution in [1.82, 2.24) is 24.5 Å². The van der Waals surface area contributed by atoms with Crippen molar-refractivity contribution in [1.29, 1.82) is 0 Å². The van der Waals surface area contributed by atoms with Crippen LogP contribution < -0.4 is 5.32 Å². The summed E-state index contributed by atoms with van der Waals surface area (Å²) in [6, 6.07) is 10.4. The number of fused-ring (bicyclic) bond motifs is 1. The van der Waals surface area contributed by atoms with Crippen molar-refractivity contribution in [2.75, 3.05) is 39.3 Å². The molecule has 1 amide bonds. The molecule has 39 heavy (non-hydrogen) atoms. The molecule has 1 aromatic carbocycles. The van der Waals surface area contributed by atoms with E-state index in [0.29, 0.717) is 47.7 Å². The second-order valence-corrected chi connectivity index (χ2v) is 13.2. The Balaban J connectivity index is 1.41. The van der Waals surface area contributed by atoms with Gasteiger partial charge in [-0.3, -0.25) is 9.78 Å². The standard InChI is InChI=1S/C30H39N5O3S/c1-22-10-16-35(17-11-22)39(37,38)25-8-9-28-26(18-25)27(19-29(33-28)24-7-3-12-31-20-24)30(36)32-13-5-15-34-14-4-6-23(2)21-34/h3,7-9,12,18-20,22-23H,4-6,10-11,13-17,21H2,1-2H3,(H,32,36)/t23-/m1/s1. The Morgan fingerprint density at radius 2 is 1.87 bits per heavy atom. The van der Waals surface area contributed by atoms with Crippen LogP contribution in [0.3, 0.4) is 0 Å². The van der Waals surface area contributed by atoms with Gasteiger partial charge in [0, 0.05) is 49.5 Å². The van der Waals surface area contributed by atoms with E-state index < -0.39 is 10.0 Å². The monoisotopic (exact) mass is 549 g/mol. The third-order valence-electron chi connectivity index (χ3n) is 8.04. The Labute approximate surface area is 231 Å². The number of rotatable bonds is 8. The van der Waals surface area contributed by atoms with Gasteiger partial charge in [0.25, 0.3) is 5.91 Å². The maximum Gasteiger partial charge on any atom is 0.252 e. The molecule has 2 saturated heterocycles. The molecule has 1 N–H and O–H groups in total. The van der Waals surface area contributed by atoms with Crippen LogP contribution >= 0.6 is 0 Å². The predicted molar refractivity (Wildman–Crippen MR) is 154 cm³/mol. The Morgan fingerprint density at radius 1 is 1.05 bits per heavy atom. The van der Waals surface area contributed by atoms with Gasteiger partial charge >= 0.3 is 0 Å².